The van der Waals surface area contributed by atoms with Crippen molar-refractivity contribution in [1.82, 2.24) is 10.6 Å². The number of aliphatic hydroxyl groups excluding tert-OH is 2. The number of hydrogen-bond acceptors (Lipinski definition) is 7. The number of nitrogens with one attached hydrogen (secondary N) is 2. The summed E-state index contributed by atoms with van der Waals surface area (Å²) in [5, 5.41) is 22.3. The van der Waals surface area contributed by atoms with Crippen LogP contribution in [0.4, 0.5) is 0 Å². The number of hydrogen-bond donors (Lipinski definition) is 5. The Hall–Kier alpha value is -1.22. The lowest BCUT2D eigenvalue weighted by Gasteiger charge is -2.12. The van der Waals surface area contributed by atoms with Gasteiger partial charge in [0.05, 0.1) is 26.2 Å². The first-order valence-corrected chi connectivity index (χ1v) is 4.74. The number of carbonyl (C=O) groups excluding carboxylic acids is 2. The topological polar surface area (TPSA) is 134 Å². The Morgan fingerprint density at radius 2 is 2.12 bits per heavy atom. The number of aliphatic hydroxyl groups is 2. The quantitative estimate of drug-likeness (QED) is 0.218. The first kappa shape index (κ1) is 14.8. The number of nitrogens with two attached hydrogens (primary N) is 1. The summed E-state index contributed by atoms with van der Waals surface area (Å²) in [4.78, 5) is 21.6. The lowest BCUT2D eigenvalue weighted by Crippen LogP contribution is -2.44. The van der Waals surface area contributed by atoms with Crippen LogP contribution in [0.1, 0.15) is 0 Å². The van der Waals surface area contributed by atoms with Gasteiger partial charge in [-0.3, -0.25) is 14.9 Å². The lowest BCUT2D eigenvalue weighted by atomic mass is 10.5. The van der Waals surface area contributed by atoms with Gasteiger partial charge in [0.2, 0.25) is 5.91 Å². The molecule has 0 aromatic heterocycles. The van der Waals surface area contributed by atoms with E-state index in [1.54, 1.807) is 0 Å². The van der Waals surface area contributed by atoms with E-state index in [0.29, 0.717) is 0 Å². The van der Waals surface area contributed by atoms with Gasteiger partial charge in [-0.05, 0) is 0 Å². The van der Waals surface area contributed by atoms with E-state index < -0.39 is 18.1 Å². The van der Waals surface area contributed by atoms with Crippen molar-refractivity contribution in [3.63, 3.8) is 0 Å². The molecule has 94 valence electrons. The molecule has 0 aliphatic rings. The maximum absolute atomic E-state index is 10.9. The van der Waals surface area contributed by atoms with Crippen LogP contribution in [0, 0.1) is 0 Å². The highest BCUT2D eigenvalue weighted by Gasteiger charge is 2.08. The summed E-state index contributed by atoms with van der Waals surface area (Å²) in [6.45, 7) is -0.754. The Kier molecular flexibility index (Phi) is 8.35. The van der Waals surface area contributed by atoms with Crippen LogP contribution in [0.5, 0.6) is 0 Å². The van der Waals surface area contributed by atoms with Gasteiger partial charge in [-0.2, -0.15) is 0 Å². The molecule has 0 fully saturated rings. The van der Waals surface area contributed by atoms with Crippen molar-refractivity contribution >= 4 is 11.9 Å². The van der Waals surface area contributed by atoms with Crippen molar-refractivity contribution in [3.8, 4) is 0 Å². The van der Waals surface area contributed by atoms with Gasteiger partial charge < -0.3 is 26.0 Å². The van der Waals surface area contributed by atoms with Crippen LogP contribution >= 0.6 is 0 Å². The second-order valence-electron chi connectivity index (χ2n) is 2.85. The van der Waals surface area contributed by atoms with Crippen LogP contribution in [0.25, 0.3) is 0 Å². The van der Waals surface area contributed by atoms with Gasteiger partial charge in [0, 0.05) is 0 Å². The fourth-order valence-corrected chi connectivity index (χ4v) is 0.767. The van der Waals surface area contributed by atoms with Crippen LogP contribution in [0.3, 0.4) is 0 Å². The Balaban J connectivity index is 3.52. The van der Waals surface area contributed by atoms with Crippen LogP contribution in [-0.2, 0) is 14.3 Å². The summed E-state index contributed by atoms with van der Waals surface area (Å²) in [5.74, 6) is -0.998. The summed E-state index contributed by atoms with van der Waals surface area (Å²) in [6.07, 6.45) is -1.06. The molecule has 6 N–H and O–H groups in total. The van der Waals surface area contributed by atoms with E-state index in [1.807, 2.05) is 0 Å². The molecule has 0 heterocycles. The molecule has 1 unspecified atom stereocenters. The molecule has 0 bridgehead atoms. The van der Waals surface area contributed by atoms with E-state index >= 15 is 0 Å². The van der Waals surface area contributed by atoms with E-state index in [0.717, 1.165) is 0 Å². The lowest BCUT2D eigenvalue weighted by molar-refractivity contribution is -0.144. The van der Waals surface area contributed by atoms with E-state index in [4.69, 9.17) is 10.8 Å². The maximum atomic E-state index is 10.9. The third-order valence-corrected chi connectivity index (χ3v) is 1.51. The highest BCUT2D eigenvalue weighted by molar-refractivity contribution is 5.77. The van der Waals surface area contributed by atoms with Crippen LogP contribution in [-0.4, -0.2) is 61.2 Å². The first-order valence-electron chi connectivity index (χ1n) is 4.74. The monoisotopic (exact) mass is 235 g/mol. The van der Waals surface area contributed by atoms with Gasteiger partial charge in [-0.15, -0.1) is 0 Å². The van der Waals surface area contributed by atoms with Crippen molar-refractivity contribution < 1.29 is 24.5 Å². The third kappa shape index (κ3) is 8.12. The standard InChI is InChI=1S/C8H17N3O5/c9-3-6(13)10-4-7(14)11-5-8(15)16-2-1-12/h7,11-12,14H,1-5,9H2,(H,10,13). The largest absolute Gasteiger partial charge is 0.462 e. The van der Waals surface area contributed by atoms with Crippen molar-refractivity contribution in [2.75, 3.05) is 32.8 Å². The average molecular weight is 235 g/mol. The van der Waals surface area contributed by atoms with E-state index in [2.05, 4.69) is 15.4 Å². The minimum absolute atomic E-state index is 0.0523. The maximum Gasteiger partial charge on any atom is 0.320 e. The molecule has 0 aromatic carbocycles. The summed E-state index contributed by atoms with van der Waals surface area (Å²) < 4.78 is 4.52. The fraction of sp³-hybridized carbons (Fsp3) is 0.750. The fourth-order valence-electron chi connectivity index (χ4n) is 0.767. The predicted octanol–water partition coefficient (Wildman–Crippen LogP) is -3.50. The minimum Gasteiger partial charge on any atom is -0.462 e. The Morgan fingerprint density at radius 3 is 2.69 bits per heavy atom. The number of esters is 1. The summed E-state index contributed by atoms with van der Waals surface area (Å²) in [7, 11) is 0. The van der Waals surface area contributed by atoms with Crippen molar-refractivity contribution in [1.29, 1.82) is 0 Å². The Labute approximate surface area is 92.8 Å². The molecular weight excluding hydrogens is 218 g/mol. The molecule has 1 amide bonds. The summed E-state index contributed by atoms with van der Waals surface area (Å²) >= 11 is 0. The molecule has 0 aliphatic heterocycles. The molecule has 0 saturated carbocycles. The third-order valence-electron chi connectivity index (χ3n) is 1.51. The van der Waals surface area contributed by atoms with Gasteiger partial charge in [0.15, 0.2) is 0 Å². The molecule has 0 radical (unpaired) electrons. The zero-order chi connectivity index (χ0) is 12.4. The Bertz CT molecular complexity index is 224. The summed E-state index contributed by atoms with van der Waals surface area (Å²) in [6, 6.07) is 0. The summed E-state index contributed by atoms with van der Waals surface area (Å²) in [5.41, 5.74) is 5.02. The molecule has 0 aliphatic carbocycles. The van der Waals surface area contributed by atoms with Crippen molar-refractivity contribution in [2.45, 2.75) is 6.23 Å². The second-order valence-corrected chi connectivity index (χ2v) is 2.85. The van der Waals surface area contributed by atoms with Gasteiger partial charge in [0.1, 0.15) is 12.8 Å². The number of amides is 1. The second kappa shape index (κ2) is 9.04. The molecule has 16 heavy (non-hydrogen) atoms. The number of rotatable bonds is 8. The molecule has 8 nitrogen and oxygen atoms in total. The predicted molar refractivity (Wildman–Crippen MR) is 54.1 cm³/mol. The van der Waals surface area contributed by atoms with E-state index in [-0.39, 0.29) is 32.8 Å². The van der Waals surface area contributed by atoms with Gasteiger partial charge in [-0.25, -0.2) is 0 Å². The zero-order valence-electron chi connectivity index (χ0n) is 8.81. The van der Waals surface area contributed by atoms with Crippen LogP contribution in [0.2, 0.25) is 0 Å². The number of carbonyl (C=O) groups is 2. The van der Waals surface area contributed by atoms with E-state index in [9.17, 15) is 14.7 Å². The average Bonchev–Trinajstić information content (AvgIpc) is 2.30. The SMILES string of the molecule is NCC(=O)NCC(O)NCC(=O)OCCO. The molecule has 0 saturated heterocycles. The zero-order valence-corrected chi connectivity index (χ0v) is 8.81. The van der Waals surface area contributed by atoms with E-state index in [1.165, 1.54) is 0 Å². The van der Waals surface area contributed by atoms with Crippen molar-refractivity contribution in [2.24, 2.45) is 5.73 Å². The molecular formula is C8H17N3O5. The highest BCUT2D eigenvalue weighted by Crippen LogP contribution is 1.79. The first-order chi connectivity index (χ1) is 7.60. The molecule has 0 spiro atoms. The van der Waals surface area contributed by atoms with Gasteiger partial charge in [-0.1, -0.05) is 0 Å². The Morgan fingerprint density at radius 1 is 1.44 bits per heavy atom. The molecule has 1 atom stereocenters. The van der Waals surface area contributed by atoms with Crippen LogP contribution < -0.4 is 16.4 Å². The van der Waals surface area contributed by atoms with Crippen LogP contribution in [0.15, 0.2) is 0 Å². The molecule has 8 heteroatoms. The smallest absolute Gasteiger partial charge is 0.320 e. The van der Waals surface area contributed by atoms with Crippen molar-refractivity contribution in [3.05, 3.63) is 0 Å². The molecule has 0 aromatic rings. The van der Waals surface area contributed by atoms with Gasteiger partial charge >= 0.3 is 5.97 Å². The molecule has 0 rings (SSSR count). The minimum atomic E-state index is -1.06. The highest BCUT2D eigenvalue weighted by atomic mass is 16.5. The van der Waals surface area contributed by atoms with Gasteiger partial charge in [0.25, 0.3) is 0 Å². The normalized spacial score (nSPS) is 11.9. The number of ether oxygens (including phenoxy) is 1.